The molecule has 2 fully saturated rings. The summed E-state index contributed by atoms with van der Waals surface area (Å²) in [7, 11) is -3.42. The molecule has 0 amide bonds. The molecule has 18 heavy (non-hydrogen) atoms. The monoisotopic (exact) mass is 276 g/mol. The number of hydrogen-bond acceptors (Lipinski definition) is 3. The Morgan fingerprint density at radius 2 is 2.00 bits per heavy atom. The normalized spacial score (nSPS) is 29.6. The number of aliphatic hydroxyl groups is 1. The summed E-state index contributed by atoms with van der Waals surface area (Å²) in [5.41, 5.74) is -0.825. The van der Waals surface area contributed by atoms with E-state index in [4.69, 9.17) is 0 Å². The van der Waals surface area contributed by atoms with Gasteiger partial charge in [0.05, 0.1) is 5.60 Å². The van der Waals surface area contributed by atoms with Crippen LogP contribution in [0.15, 0.2) is 0 Å². The predicted octanol–water partition coefficient (Wildman–Crippen LogP) is 0.858. The van der Waals surface area contributed by atoms with E-state index in [2.05, 4.69) is 11.6 Å². The van der Waals surface area contributed by atoms with Crippen LogP contribution in [0, 0.1) is 5.92 Å². The topological polar surface area (TPSA) is 69.6 Å². The van der Waals surface area contributed by atoms with Gasteiger partial charge in [0, 0.05) is 19.6 Å². The average Bonchev–Trinajstić information content (AvgIpc) is 2.75. The first-order valence-corrected chi connectivity index (χ1v) is 8.32. The van der Waals surface area contributed by atoms with E-state index in [1.54, 1.807) is 0 Å². The molecular weight excluding hydrogens is 252 g/mol. The van der Waals surface area contributed by atoms with Crippen molar-refractivity contribution in [2.75, 3.05) is 19.6 Å². The first-order valence-electron chi connectivity index (χ1n) is 6.88. The van der Waals surface area contributed by atoms with Crippen LogP contribution >= 0.6 is 0 Å². The van der Waals surface area contributed by atoms with Gasteiger partial charge in [0.25, 0.3) is 10.2 Å². The van der Waals surface area contributed by atoms with Crippen molar-refractivity contribution >= 4 is 10.2 Å². The lowest BCUT2D eigenvalue weighted by Gasteiger charge is -2.31. The molecule has 0 radical (unpaired) electrons. The molecule has 1 aliphatic carbocycles. The number of piperidine rings is 1. The van der Waals surface area contributed by atoms with Gasteiger partial charge < -0.3 is 5.11 Å². The quantitative estimate of drug-likeness (QED) is 0.800. The van der Waals surface area contributed by atoms with Gasteiger partial charge in [-0.15, -0.1) is 0 Å². The molecule has 0 aromatic carbocycles. The van der Waals surface area contributed by atoms with E-state index in [0.29, 0.717) is 31.8 Å². The van der Waals surface area contributed by atoms with Crippen molar-refractivity contribution < 1.29 is 13.5 Å². The summed E-state index contributed by atoms with van der Waals surface area (Å²) >= 11 is 0. The second kappa shape index (κ2) is 5.45. The molecule has 1 saturated heterocycles. The molecule has 1 saturated carbocycles. The predicted molar refractivity (Wildman–Crippen MR) is 70.3 cm³/mol. The summed E-state index contributed by atoms with van der Waals surface area (Å²) in [5.74, 6) is 0.421. The van der Waals surface area contributed by atoms with E-state index < -0.39 is 15.8 Å². The first kappa shape index (κ1) is 14.2. The third-order valence-electron chi connectivity index (χ3n) is 4.08. The highest BCUT2D eigenvalue weighted by Crippen LogP contribution is 2.29. The minimum Gasteiger partial charge on any atom is -0.389 e. The maximum atomic E-state index is 12.1. The first-order chi connectivity index (χ1) is 8.41. The van der Waals surface area contributed by atoms with Gasteiger partial charge in [-0.05, 0) is 31.6 Å². The molecular formula is C12H24N2O3S. The number of nitrogens with zero attached hydrogens (tertiary/aromatic N) is 1. The highest BCUT2D eigenvalue weighted by Gasteiger charge is 2.34. The van der Waals surface area contributed by atoms with Gasteiger partial charge in [0.1, 0.15) is 0 Å². The van der Waals surface area contributed by atoms with E-state index >= 15 is 0 Å². The van der Waals surface area contributed by atoms with E-state index in [1.165, 1.54) is 4.31 Å². The lowest BCUT2D eigenvalue weighted by Crippen LogP contribution is -2.49. The molecule has 2 N–H and O–H groups in total. The Morgan fingerprint density at radius 1 is 1.33 bits per heavy atom. The lowest BCUT2D eigenvalue weighted by molar-refractivity contribution is 0.0526. The second-order valence-corrected chi connectivity index (χ2v) is 7.62. The Balaban J connectivity index is 1.90. The van der Waals surface area contributed by atoms with Crippen molar-refractivity contribution in [1.82, 2.24) is 9.03 Å². The Morgan fingerprint density at radius 3 is 2.61 bits per heavy atom. The molecule has 0 bridgehead atoms. The Hall–Kier alpha value is -0.170. The largest absolute Gasteiger partial charge is 0.389 e. The second-order valence-electron chi connectivity index (χ2n) is 5.86. The molecule has 0 aromatic rings. The zero-order valence-corrected chi connectivity index (χ0v) is 11.9. The summed E-state index contributed by atoms with van der Waals surface area (Å²) in [6, 6.07) is 0. The molecule has 1 unspecified atom stereocenters. The van der Waals surface area contributed by atoms with Crippen molar-refractivity contribution in [2.24, 2.45) is 5.92 Å². The fourth-order valence-corrected chi connectivity index (χ4v) is 4.35. The Kier molecular flexibility index (Phi) is 4.31. The van der Waals surface area contributed by atoms with Crippen LogP contribution in [-0.4, -0.2) is 43.1 Å². The van der Waals surface area contributed by atoms with Crippen molar-refractivity contribution in [3.63, 3.8) is 0 Å². The van der Waals surface area contributed by atoms with Crippen LogP contribution < -0.4 is 4.72 Å². The zero-order chi connectivity index (χ0) is 13.2. The Labute approximate surface area is 110 Å². The maximum Gasteiger partial charge on any atom is 0.279 e. The molecule has 0 spiro atoms. The standard InChI is InChI=1S/C12H24N2O3S/c1-11-5-4-8-14(9-11)18(16,17)13-10-12(15)6-2-3-7-12/h11,13,15H,2-10H2,1H3. The summed E-state index contributed by atoms with van der Waals surface area (Å²) < 4.78 is 28.4. The van der Waals surface area contributed by atoms with E-state index in [0.717, 1.165) is 25.7 Å². The fraction of sp³-hybridized carbons (Fsp3) is 1.00. The van der Waals surface area contributed by atoms with Crippen molar-refractivity contribution in [2.45, 2.75) is 51.0 Å². The van der Waals surface area contributed by atoms with E-state index in [1.807, 2.05) is 0 Å². The minimum absolute atomic E-state index is 0.153. The van der Waals surface area contributed by atoms with Crippen LogP contribution in [-0.2, 0) is 10.2 Å². The van der Waals surface area contributed by atoms with Gasteiger partial charge in [0.2, 0.25) is 0 Å². The molecule has 2 aliphatic rings. The number of nitrogens with one attached hydrogen (secondary N) is 1. The van der Waals surface area contributed by atoms with Crippen molar-refractivity contribution in [1.29, 1.82) is 0 Å². The van der Waals surface area contributed by atoms with Crippen molar-refractivity contribution in [3.05, 3.63) is 0 Å². The Bertz CT molecular complexity index is 377. The summed E-state index contributed by atoms with van der Waals surface area (Å²) in [6.07, 6.45) is 5.39. The zero-order valence-electron chi connectivity index (χ0n) is 11.1. The van der Waals surface area contributed by atoms with Gasteiger partial charge >= 0.3 is 0 Å². The van der Waals surface area contributed by atoms with Crippen LogP contribution in [0.2, 0.25) is 0 Å². The SMILES string of the molecule is CC1CCCN(S(=O)(=O)NCC2(O)CCCC2)C1. The summed E-state index contributed by atoms with van der Waals surface area (Å²) in [6.45, 7) is 3.41. The molecule has 0 aromatic heterocycles. The maximum absolute atomic E-state index is 12.1. The van der Waals surface area contributed by atoms with Crippen LogP contribution in [0.4, 0.5) is 0 Å². The van der Waals surface area contributed by atoms with Crippen LogP contribution in [0.5, 0.6) is 0 Å². The molecule has 6 heteroatoms. The molecule has 106 valence electrons. The average molecular weight is 276 g/mol. The third-order valence-corrected chi connectivity index (χ3v) is 5.60. The van der Waals surface area contributed by atoms with Crippen molar-refractivity contribution in [3.8, 4) is 0 Å². The number of hydrogen-bond donors (Lipinski definition) is 2. The van der Waals surface area contributed by atoms with Gasteiger partial charge in [-0.3, -0.25) is 0 Å². The van der Waals surface area contributed by atoms with Gasteiger partial charge in [-0.1, -0.05) is 19.8 Å². The smallest absolute Gasteiger partial charge is 0.279 e. The molecule has 1 aliphatic heterocycles. The fourth-order valence-electron chi connectivity index (χ4n) is 2.89. The molecule has 1 heterocycles. The summed E-state index contributed by atoms with van der Waals surface area (Å²) in [5, 5.41) is 10.2. The van der Waals surface area contributed by atoms with Gasteiger partial charge in [-0.25, -0.2) is 0 Å². The highest BCUT2D eigenvalue weighted by molar-refractivity contribution is 7.87. The van der Waals surface area contributed by atoms with Gasteiger partial charge in [0.15, 0.2) is 0 Å². The minimum atomic E-state index is -3.42. The molecule has 5 nitrogen and oxygen atoms in total. The van der Waals surface area contributed by atoms with Crippen LogP contribution in [0.1, 0.15) is 45.4 Å². The molecule has 2 rings (SSSR count). The number of rotatable bonds is 4. The lowest BCUT2D eigenvalue weighted by atomic mass is 10.0. The van der Waals surface area contributed by atoms with Crippen LogP contribution in [0.25, 0.3) is 0 Å². The molecule has 1 atom stereocenters. The van der Waals surface area contributed by atoms with Gasteiger partial charge in [-0.2, -0.15) is 17.4 Å². The summed E-state index contributed by atoms with van der Waals surface area (Å²) in [4.78, 5) is 0. The third kappa shape index (κ3) is 3.44. The van der Waals surface area contributed by atoms with Crippen LogP contribution in [0.3, 0.4) is 0 Å². The van der Waals surface area contributed by atoms with E-state index in [-0.39, 0.29) is 6.54 Å². The highest BCUT2D eigenvalue weighted by atomic mass is 32.2. The van der Waals surface area contributed by atoms with E-state index in [9.17, 15) is 13.5 Å².